The van der Waals surface area contributed by atoms with Gasteiger partial charge in [0.05, 0.1) is 18.1 Å². The molecule has 0 spiro atoms. The van der Waals surface area contributed by atoms with Crippen LogP contribution >= 0.6 is 23.7 Å². The molecule has 1 aliphatic rings. The van der Waals surface area contributed by atoms with E-state index in [-0.39, 0.29) is 18.3 Å². The summed E-state index contributed by atoms with van der Waals surface area (Å²) in [4.78, 5) is 14.8. The number of rotatable bonds is 5. The first-order valence-corrected chi connectivity index (χ1v) is 6.86. The van der Waals surface area contributed by atoms with Crippen LogP contribution in [0.15, 0.2) is 17.5 Å². The molecule has 0 saturated carbocycles. The van der Waals surface area contributed by atoms with Gasteiger partial charge in [0.25, 0.3) is 5.91 Å². The minimum atomic E-state index is 0. The van der Waals surface area contributed by atoms with E-state index in [1.165, 1.54) is 11.3 Å². The average Bonchev–Trinajstić information content (AvgIpc) is 2.89. The molecule has 0 aromatic carbocycles. The third-order valence-electron chi connectivity index (χ3n) is 2.79. The highest BCUT2D eigenvalue weighted by Gasteiger charge is 2.10. The molecule has 1 fully saturated rings. The lowest BCUT2D eigenvalue weighted by molar-refractivity contribution is 0.0374. The van der Waals surface area contributed by atoms with Crippen molar-refractivity contribution in [3.63, 3.8) is 0 Å². The van der Waals surface area contributed by atoms with Gasteiger partial charge in [-0.25, -0.2) is 0 Å². The highest BCUT2D eigenvalue weighted by atomic mass is 35.5. The smallest absolute Gasteiger partial charge is 0.261 e. The number of ether oxygens (including phenoxy) is 1. The number of nitrogens with zero attached hydrogens (tertiary/aromatic N) is 1. The molecule has 2 rings (SSSR count). The molecule has 6 heteroatoms. The molecule has 1 aromatic rings. The van der Waals surface area contributed by atoms with Gasteiger partial charge in [-0.1, -0.05) is 6.07 Å². The molecule has 1 aliphatic heterocycles. The van der Waals surface area contributed by atoms with E-state index in [1.807, 2.05) is 17.5 Å². The van der Waals surface area contributed by atoms with Crippen LogP contribution in [0.3, 0.4) is 0 Å². The maximum atomic E-state index is 11.6. The zero-order valence-corrected chi connectivity index (χ0v) is 11.9. The van der Waals surface area contributed by atoms with Gasteiger partial charge in [0.2, 0.25) is 0 Å². The van der Waals surface area contributed by atoms with Crippen molar-refractivity contribution in [3.05, 3.63) is 22.4 Å². The predicted molar refractivity (Wildman–Crippen MR) is 75.8 cm³/mol. The Labute approximate surface area is 118 Å². The lowest BCUT2D eigenvalue weighted by Gasteiger charge is -2.26. The van der Waals surface area contributed by atoms with E-state index >= 15 is 0 Å². The van der Waals surface area contributed by atoms with Crippen molar-refractivity contribution in [2.45, 2.75) is 6.42 Å². The molecule has 0 unspecified atom stereocenters. The van der Waals surface area contributed by atoms with E-state index in [0.29, 0.717) is 0 Å². The highest BCUT2D eigenvalue weighted by Crippen LogP contribution is 2.07. The van der Waals surface area contributed by atoms with Crippen molar-refractivity contribution in [1.29, 1.82) is 0 Å². The first kappa shape index (κ1) is 15.4. The minimum absolute atomic E-state index is 0. The highest BCUT2D eigenvalue weighted by molar-refractivity contribution is 7.12. The summed E-state index contributed by atoms with van der Waals surface area (Å²) in [6.07, 6.45) is 0.997. The SMILES string of the molecule is Cl.O=C(NCCCN1CCOCC1)c1cccs1. The van der Waals surface area contributed by atoms with Gasteiger partial charge in [0.15, 0.2) is 0 Å². The average molecular weight is 291 g/mol. The molecule has 1 saturated heterocycles. The molecule has 1 aromatic heterocycles. The summed E-state index contributed by atoms with van der Waals surface area (Å²) in [6.45, 7) is 5.48. The van der Waals surface area contributed by atoms with Crippen LogP contribution in [0, 0.1) is 0 Å². The molecule has 1 amide bonds. The maximum Gasteiger partial charge on any atom is 0.261 e. The second-order valence-corrected chi connectivity index (χ2v) is 4.99. The fraction of sp³-hybridized carbons (Fsp3) is 0.583. The van der Waals surface area contributed by atoms with Gasteiger partial charge in [-0.2, -0.15) is 0 Å². The summed E-state index contributed by atoms with van der Waals surface area (Å²) in [5.74, 6) is 0.0435. The van der Waals surface area contributed by atoms with Crippen LogP contribution < -0.4 is 5.32 Å². The summed E-state index contributed by atoms with van der Waals surface area (Å²) < 4.78 is 5.28. The quantitative estimate of drug-likeness (QED) is 0.838. The number of nitrogens with one attached hydrogen (secondary N) is 1. The summed E-state index contributed by atoms with van der Waals surface area (Å²) in [5.41, 5.74) is 0. The van der Waals surface area contributed by atoms with Crippen LogP contribution in [0.5, 0.6) is 0 Å². The van der Waals surface area contributed by atoms with Crippen molar-refractivity contribution in [2.24, 2.45) is 0 Å². The van der Waals surface area contributed by atoms with Crippen LogP contribution in [0.25, 0.3) is 0 Å². The zero-order chi connectivity index (χ0) is 11.9. The topological polar surface area (TPSA) is 41.6 Å². The summed E-state index contributed by atoms with van der Waals surface area (Å²) in [6, 6.07) is 3.75. The van der Waals surface area contributed by atoms with Gasteiger partial charge in [0.1, 0.15) is 0 Å². The Balaban J connectivity index is 0.00000162. The molecule has 2 heterocycles. The molecule has 0 aliphatic carbocycles. The van der Waals surface area contributed by atoms with Gasteiger partial charge >= 0.3 is 0 Å². The van der Waals surface area contributed by atoms with E-state index in [0.717, 1.165) is 50.7 Å². The normalized spacial score (nSPS) is 16.0. The first-order valence-electron chi connectivity index (χ1n) is 5.98. The van der Waals surface area contributed by atoms with E-state index in [1.54, 1.807) is 0 Å². The first-order chi connectivity index (χ1) is 8.36. The summed E-state index contributed by atoms with van der Waals surface area (Å²) in [7, 11) is 0. The molecule has 0 bridgehead atoms. The fourth-order valence-corrected chi connectivity index (χ4v) is 2.46. The van der Waals surface area contributed by atoms with Crippen molar-refractivity contribution >= 4 is 29.7 Å². The van der Waals surface area contributed by atoms with Gasteiger partial charge in [0, 0.05) is 19.6 Å². The van der Waals surface area contributed by atoms with Crippen molar-refractivity contribution in [1.82, 2.24) is 10.2 Å². The molecule has 102 valence electrons. The number of hydrogen-bond acceptors (Lipinski definition) is 4. The predicted octanol–water partition coefficient (Wildman–Crippen LogP) is 1.62. The molecule has 18 heavy (non-hydrogen) atoms. The Bertz CT molecular complexity index is 340. The number of morpholine rings is 1. The number of amides is 1. The molecular weight excluding hydrogens is 272 g/mol. The molecular formula is C12H19ClN2O2S. The second-order valence-electron chi connectivity index (χ2n) is 4.04. The number of carbonyl (C=O) groups is 1. The van der Waals surface area contributed by atoms with E-state index in [9.17, 15) is 4.79 Å². The molecule has 4 nitrogen and oxygen atoms in total. The van der Waals surface area contributed by atoms with Crippen molar-refractivity contribution in [2.75, 3.05) is 39.4 Å². The van der Waals surface area contributed by atoms with Gasteiger partial charge < -0.3 is 10.1 Å². The molecule has 1 N–H and O–H groups in total. The third kappa shape index (κ3) is 4.94. The largest absolute Gasteiger partial charge is 0.379 e. The van der Waals surface area contributed by atoms with Crippen LogP contribution in [0.4, 0.5) is 0 Å². The Kier molecular flexibility index (Phi) is 7.27. The van der Waals surface area contributed by atoms with Crippen LogP contribution in [0.2, 0.25) is 0 Å². The Morgan fingerprint density at radius 1 is 1.44 bits per heavy atom. The van der Waals surface area contributed by atoms with Gasteiger partial charge in [-0.15, -0.1) is 23.7 Å². The Hall–Kier alpha value is -0.620. The standard InChI is InChI=1S/C12H18N2O2S.ClH/c15-12(11-3-1-10-17-11)13-4-2-5-14-6-8-16-9-7-14;/h1,3,10H,2,4-9H2,(H,13,15);1H. The number of thiophene rings is 1. The maximum absolute atomic E-state index is 11.6. The van der Waals surface area contributed by atoms with Crippen LogP contribution in [0.1, 0.15) is 16.1 Å². The zero-order valence-electron chi connectivity index (χ0n) is 10.3. The number of hydrogen-bond donors (Lipinski definition) is 1. The third-order valence-corrected chi connectivity index (χ3v) is 3.65. The van der Waals surface area contributed by atoms with E-state index in [2.05, 4.69) is 10.2 Å². The van der Waals surface area contributed by atoms with Crippen molar-refractivity contribution in [3.8, 4) is 0 Å². The van der Waals surface area contributed by atoms with Crippen molar-refractivity contribution < 1.29 is 9.53 Å². The lowest BCUT2D eigenvalue weighted by atomic mass is 10.3. The Morgan fingerprint density at radius 2 is 2.22 bits per heavy atom. The number of halogens is 1. The minimum Gasteiger partial charge on any atom is -0.379 e. The molecule has 0 radical (unpaired) electrons. The monoisotopic (exact) mass is 290 g/mol. The summed E-state index contributed by atoms with van der Waals surface area (Å²) in [5, 5.41) is 4.86. The fourth-order valence-electron chi connectivity index (χ4n) is 1.82. The van der Waals surface area contributed by atoms with Crippen LogP contribution in [-0.2, 0) is 4.74 Å². The second kappa shape index (κ2) is 8.48. The van der Waals surface area contributed by atoms with E-state index in [4.69, 9.17) is 4.74 Å². The van der Waals surface area contributed by atoms with E-state index < -0.39 is 0 Å². The molecule has 0 atom stereocenters. The lowest BCUT2D eigenvalue weighted by Crippen LogP contribution is -2.38. The summed E-state index contributed by atoms with van der Waals surface area (Å²) >= 11 is 1.48. The number of carbonyl (C=O) groups excluding carboxylic acids is 1. The van der Waals surface area contributed by atoms with Gasteiger partial charge in [-0.3, -0.25) is 9.69 Å². The van der Waals surface area contributed by atoms with Gasteiger partial charge in [-0.05, 0) is 24.4 Å². The Morgan fingerprint density at radius 3 is 2.89 bits per heavy atom. The van der Waals surface area contributed by atoms with Crippen LogP contribution in [-0.4, -0.2) is 50.2 Å².